The van der Waals surface area contributed by atoms with Gasteiger partial charge in [-0.05, 0) is 0 Å². The van der Waals surface area contributed by atoms with Crippen LogP contribution in [0, 0.1) is 0 Å². The van der Waals surface area contributed by atoms with Gasteiger partial charge in [0.15, 0.2) is 0 Å². The number of ether oxygens (including phenoxy) is 1. The number of morpholine rings is 1. The van der Waals surface area contributed by atoms with Crippen LogP contribution in [0.25, 0.3) is 0 Å². The van der Waals surface area contributed by atoms with Gasteiger partial charge in [-0.2, -0.15) is 5.10 Å². The molecule has 1 aliphatic rings. The van der Waals surface area contributed by atoms with Gasteiger partial charge < -0.3 is 9.29 Å². The predicted octanol–water partition coefficient (Wildman–Crippen LogP) is -0.423. The van der Waals surface area contributed by atoms with Crippen LogP contribution in [0.2, 0.25) is 0 Å². The van der Waals surface area contributed by atoms with Crippen LogP contribution in [0.5, 0.6) is 0 Å². The molecule has 1 aliphatic heterocycles. The Morgan fingerprint density at radius 1 is 1.79 bits per heavy atom. The molecule has 1 aromatic heterocycles. The normalized spacial score (nSPS) is 26.2. The Balaban J connectivity index is 2.04. The number of H-pyrrole nitrogens is 1. The first-order valence-electron chi connectivity index (χ1n) is 4.22. The molecule has 14 heavy (non-hydrogen) atoms. The minimum absolute atomic E-state index is 0.208. The quantitative estimate of drug-likeness (QED) is 0.680. The second-order valence-corrected chi connectivity index (χ2v) is 3.95. The number of aromatic amines is 1. The van der Waals surface area contributed by atoms with Gasteiger partial charge in [-0.15, -0.1) is 0 Å². The Kier molecular flexibility index (Phi) is 2.92. The third-order valence-corrected chi connectivity index (χ3v) is 2.88. The van der Waals surface area contributed by atoms with Crippen molar-refractivity contribution < 1.29 is 13.5 Å². The zero-order valence-electron chi connectivity index (χ0n) is 7.38. The molecule has 1 N–H and O–H groups in total. The van der Waals surface area contributed by atoms with Crippen LogP contribution in [0.15, 0.2) is 12.4 Å². The zero-order chi connectivity index (χ0) is 9.97. The molecule has 2 unspecified atom stereocenters. The summed E-state index contributed by atoms with van der Waals surface area (Å²) in [5.74, 6) is 0. The first-order valence-corrected chi connectivity index (χ1v) is 5.25. The van der Waals surface area contributed by atoms with Gasteiger partial charge in [0.25, 0.3) is 0 Å². The lowest BCUT2D eigenvalue weighted by molar-refractivity contribution is -0.00308. The van der Waals surface area contributed by atoms with Crippen molar-refractivity contribution in [3.63, 3.8) is 0 Å². The fourth-order valence-corrected chi connectivity index (χ4v) is 1.88. The van der Waals surface area contributed by atoms with Crippen LogP contribution in [0.1, 0.15) is 11.7 Å². The van der Waals surface area contributed by atoms with E-state index in [9.17, 15) is 8.76 Å². The molecule has 7 heteroatoms. The summed E-state index contributed by atoms with van der Waals surface area (Å²) in [6, 6.07) is 0. The standard InChI is InChI=1S/C7H11N3O3S/c11-14(12)10-1-2-13-7(5-10)6-3-8-9-4-6/h3-4,7H,1-2,5H2,(H,8,9)(H,11,12)/p-1. The predicted molar refractivity (Wildman–Crippen MR) is 47.8 cm³/mol. The van der Waals surface area contributed by atoms with Crippen molar-refractivity contribution in [1.29, 1.82) is 0 Å². The molecular formula is C7H10N3O3S-. The summed E-state index contributed by atoms with van der Waals surface area (Å²) in [5, 5.41) is 6.46. The summed E-state index contributed by atoms with van der Waals surface area (Å²) >= 11 is -2.16. The minimum Gasteiger partial charge on any atom is -0.760 e. The Hall–Kier alpha value is -0.760. The molecule has 6 nitrogen and oxygen atoms in total. The van der Waals surface area contributed by atoms with E-state index in [2.05, 4.69) is 10.2 Å². The summed E-state index contributed by atoms with van der Waals surface area (Å²) in [4.78, 5) is 0. The van der Waals surface area contributed by atoms with E-state index >= 15 is 0 Å². The van der Waals surface area contributed by atoms with Gasteiger partial charge in [-0.1, -0.05) is 0 Å². The highest BCUT2D eigenvalue weighted by Gasteiger charge is 2.22. The maximum absolute atomic E-state index is 10.7. The van der Waals surface area contributed by atoms with E-state index in [0.717, 1.165) is 5.56 Å². The SMILES string of the molecule is O=S([O-])N1CCOC(c2cn[nH]c2)C1. The topological polar surface area (TPSA) is 81.3 Å². The Labute approximate surface area is 83.7 Å². The van der Waals surface area contributed by atoms with Crippen molar-refractivity contribution >= 4 is 11.3 Å². The lowest BCUT2D eigenvalue weighted by atomic mass is 10.2. The van der Waals surface area contributed by atoms with Crippen LogP contribution in [0.4, 0.5) is 0 Å². The number of nitrogens with zero attached hydrogens (tertiary/aromatic N) is 2. The molecule has 0 saturated carbocycles. The van der Waals surface area contributed by atoms with Crippen molar-refractivity contribution in [2.24, 2.45) is 0 Å². The van der Waals surface area contributed by atoms with Crippen LogP contribution >= 0.6 is 0 Å². The lowest BCUT2D eigenvalue weighted by Gasteiger charge is -2.33. The van der Waals surface area contributed by atoms with E-state index in [1.54, 1.807) is 12.4 Å². The molecular weight excluding hydrogens is 206 g/mol. The largest absolute Gasteiger partial charge is 0.760 e. The molecule has 2 heterocycles. The maximum atomic E-state index is 10.7. The second-order valence-electron chi connectivity index (χ2n) is 3.00. The minimum atomic E-state index is -2.16. The van der Waals surface area contributed by atoms with Crippen LogP contribution < -0.4 is 0 Å². The van der Waals surface area contributed by atoms with E-state index in [1.807, 2.05) is 0 Å². The van der Waals surface area contributed by atoms with E-state index in [0.29, 0.717) is 19.7 Å². The second kappa shape index (κ2) is 4.18. The lowest BCUT2D eigenvalue weighted by Crippen LogP contribution is -2.39. The first-order chi connectivity index (χ1) is 6.77. The van der Waals surface area contributed by atoms with Gasteiger partial charge in [0.1, 0.15) is 0 Å². The maximum Gasteiger partial charge on any atom is 0.0992 e. The Morgan fingerprint density at radius 2 is 2.64 bits per heavy atom. The summed E-state index contributed by atoms with van der Waals surface area (Å²) in [6.07, 6.45) is 3.14. The van der Waals surface area contributed by atoms with Gasteiger partial charge in [0, 0.05) is 36.1 Å². The van der Waals surface area contributed by atoms with Crippen LogP contribution in [-0.2, 0) is 16.0 Å². The fourth-order valence-electron chi connectivity index (χ4n) is 1.40. The average molecular weight is 216 g/mol. The summed E-state index contributed by atoms with van der Waals surface area (Å²) in [7, 11) is 0. The van der Waals surface area contributed by atoms with Crippen molar-refractivity contribution in [3.05, 3.63) is 18.0 Å². The highest BCUT2D eigenvalue weighted by atomic mass is 32.2. The number of nitrogens with one attached hydrogen (secondary N) is 1. The fraction of sp³-hybridized carbons (Fsp3) is 0.571. The Bertz CT molecular complexity index is 316. The van der Waals surface area contributed by atoms with Crippen molar-refractivity contribution in [1.82, 2.24) is 14.5 Å². The smallest absolute Gasteiger partial charge is 0.0992 e. The summed E-state index contributed by atoms with van der Waals surface area (Å²) in [6.45, 7) is 1.20. The third kappa shape index (κ3) is 2.01. The third-order valence-electron chi connectivity index (χ3n) is 2.13. The van der Waals surface area contributed by atoms with E-state index in [1.165, 1.54) is 4.31 Å². The molecule has 1 fully saturated rings. The molecule has 1 saturated heterocycles. The number of aromatic nitrogens is 2. The van der Waals surface area contributed by atoms with Gasteiger partial charge in [-0.25, -0.2) is 4.31 Å². The van der Waals surface area contributed by atoms with Crippen LogP contribution in [0.3, 0.4) is 0 Å². The summed E-state index contributed by atoms with van der Waals surface area (Å²) in [5.41, 5.74) is 0.875. The first kappa shape index (κ1) is 9.78. The van der Waals surface area contributed by atoms with Crippen molar-refractivity contribution in [2.75, 3.05) is 19.7 Å². The van der Waals surface area contributed by atoms with E-state index in [-0.39, 0.29) is 6.10 Å². The van der Waals surface area contributed by atoms with E-state index < -0.39 is 11.3 Å². The molecule has 78 valence electrons. The van der Waals surface area contributed by atoms with Crippen molar-refractivity contribution in [2.45, 2.75) is 6.10 Å². The number of rotatable bonds is 2. The molecule has 2 rings (SSSR count). The molecule has 0 aliphatic carbocycles. The summed E-state index contributed by atoms with van der Waals surface area (Å²) < 4.78 is 28.2. The highest BCUT2D eigenvalue weighted by molar-refractivity contribution is 7.76. The average Bonchev–Trinajstić information content (AvgIpc) is 2.71. The number of hydrogen-bond acceptors (Lipinski definition) is 4. The molecule has 0 radical (unpaired) electrons. The molecule has 0 spiro atoms. The molecule has 0 bridgehead atoms. The monoisotopic (exact) mass is 216 g/mol. The molecule has 0 amide bonds. The van der Waals surface area contributed by atoms with Gasteiger partial charge in [0.2, 0.25) is 0 Å². The van der Waals surface area contributed by atoms with Gasteiger partial charge in [-0.3, -0.25) is 9.31 Å². The number of hydrogen-bond donors (Lipinski definition) is 1. The highest BCUT2D eigenvalue weighted by Crippen LogP contribution is 2.21. The van der Waals surface area contributed by atoms with Gasteiger partial charge >= 0.3 is 0 Å². The zero-order valence-corrected chi connectivity index (χ0v) is 8.20. The molecule has 1 aromatic rings. The van der Waals surface area contributed by atoms with Crippen LogP contribution in [-0.4, -0.2) is 43.0 Å². The van der Waals surface area contributed by atoms with E-state index in [4.69, 9.17) is 4.74 Å². The van der Waals surface area contributed by atoms with Crippen molar-refractivity contribution in [3.8, 4) is 0 Å². The molecule has 2 atom stereocenters. The van der Waals surface area contributed by atoms with Gasteiger partial charge in [0.05, 0.1) is 18.9 Å². The molecule has 0 aromatic carbocycles. The Morgan fingerprint density at radius 3 is 3.29 bits per heavy atom.